The minimum Gasteiger partial charge on any atom is -0.326 e. The molecule has 1 aliphatic heterocycles. The van der Waals surface area contributed by atoms with Gasteiger partial charge < -0.3 is 5.32 Å². The van der Waals surface area contributed by atoms with Crippen molar-refractivity contribution in [3.8, 4) is 0 Å². The highest BCUT2D eigenvalue weighted by atomic mass is 32.2. The van der Waals surface area contributed by atoms with Crippen LogP contribution in [0.15, 0.2) is 47.4 Å². The van der Waals surface area contributed by atoms with E-state index in [1.54, 1.807) is 22.9 Å². The summed E-state index contributed by atoms with van der Waals surface area (Å²) in [7, 11) is -3.64. The summed E-state index contributed by atoms with van der Waals surface area (Å²) in [5, 5.41) is 11.1. The maximum Gasteiger partial charge on any atom is 0.243 e. The molecule has 0 atom stereocenters. The van der Waals surface area contributed by atoms with Crippen molar-refractivity contribution in [2.75, 3.05) is 18.4 Å². The molecule has 2 aromatic carbocycles. The predicted octanol–water partition coefficient (Wildman–Crippen LogP) is 3.19. The Kier molecular flexibility index (Phi) is 6.06. The molecule has 8 nitrogen and oxygen atoms in total. The van der Waals surface area contributed by atoms with Crippen LogP contribution in [0, 0.1) is 12.8 Å². The Morgan fingerprint density at radius 2 is 1.84 bits per heavy atom. The van der Waals surface area contributed by atoms with Gasteiger partial charge in [0.1, 0.15) is 5.52 Å². The van der Waals surface area contributed by atoms with E-state index in [1.165, 1.54) is 4.31 Å². The fourth-order valence-corrected chi connectivity index (χ4v) is 5.37. The molecule has 0 saturated carbocycles. The quantitative estimate of drug-likeness (QED) is 0.634. The van der Waals surface area contributed by atoms with E-state index in [2.05, 4.69) is 22.6 Å². The third-order valence-corrected chi connectivity index (χ3v) is 7.60. The number of aryl methyl sites for hydroxylation is 2. The first kappa shape index (κ1) is 21.5. The number of aromatic nitrogens is 3. The molecule has 1 aliphatic rings. The molecule has 1 amide bonds. The molecule has 1 aromatic heterocycles. The van der Waals surface area contributed by atoms with E-state index in [0.717, 1.165) is 29.7 Å². The van der Waals surface area contributed by atoms with Crippen LogP contribution in [0.5, 0.6) is 0 Å². The van der Waals surface area contributed by atoms with Gasteiger partial charge in [0.05, 0.1) is 10.4 Å². The van der Waals surface area contributed by atoms with Crippen molar-refractivity contribution < 1.29 is 13.2 Å². The largest absolute Gasteiger partial charge is 0.326 e. The van der Waals surface area contributed by atoms with Gasteiger partial charge in [-0.05, 0) is 56.5 Å². The van der Waals surface area contributed by atoms with Gasteiger partial charge in [0, 0.05) is 31.2 Å². The van der Waals surface area contributed by atoms with Crippen LogP contribution < -0.4 is 5.32 Å². The zero-order valence-electron chi connectivity index (χ0n) is 17.8. The molecule has 4 rings (SSSR count). The molecule has 31 heavy (non-hydrogen) atoms. The van der Waals surface area contributed by atoms with E-state index >= 15 is 0 Å². The van der Waals surface area contributed by atoms with Crippen LogP contribution in [-0.2, 0) is 21.4 Å². The van der Waals surface area contributed by atoms with Gasteiger partial charge in [0.25, 0.3) is 0 Å². The average Bonchev–Trinajstić information content (AvgIpc) is 3.18. The number of hydrogen-bond donors (Lipinski definition) is 1. The maximum atomic E-state index is 13.1. The second-order valence-corrected chi connectivity index (χ2v) is 9.93. The number of fused-ring (bicyclic) bond motifs is 1. The highest BCUT2D eigenvalue weighted by Crippen LogP contribution is 2.26. The van der Waals surface area contributed by atoms with E-state index in [4.69, 9.17) is 0 Å². The number of sulfonamides is 1. The minimum atomic E-state index is -3.64. The number of anilines is 1. The Morgan fingerprint density at radius 1 is 1.13 bits per heavy atom. The first-order chi connectivity index (χ1) is 14.9. The van der Waals surface area contributed by atoms with Crippen LogP contribution in [0.3, 0.4) is 0 Å². The fourth-order valence-electron chi connectivity index (χ4n) is 3.88. The van der Waals surface area contributed by atoms with E-state index in [9.17, 15) is 13.2 Å². The first-order valence-electron chi connectivity index (χ1n) is 10.6. The van der Waals surface area contributed by atoms with E-state index in [1.807, 2.05) is 31.2 Å². The van der Waals surface area contributed by atoms with Crippen LogP contribution >= 0.6 is 0 Å². The molecule has 0 aliphatic carbocycles. The fraction of sp³-hybridized carbons (Fsp3) is 0.409. The van der Waals surface area contributed by atoms with Crippen molar-refractivity contribution in [2.45, 2.75) is 44.6 Å². The summed E-state index contributed by atoms with van der Waals surface area (Å²) in [6.07, 6.45) is 1.91. The lowest BCUT2D eigenvalue weighted by Gasteiger charge is -2.30. The molecular formula is C22H27N5O3S. The molecule has 3 aromatic rings. The van der Waals surface area contributed by atoms with E-state index in [0.29, 0.717) is 31.4 Å². The molecule has 0 radical (unpaired) electrons. The lowest BCUT2D eigenvalue weighted by Crippen LogP contribution is -2.41. The molecule has 0 bridgehead atoms. The lowest BCUT2D eigenvalue weighted by atomic mass is 9.97. The molecule has 9 heteroatoms. The SMILES string of the molecule is CCCn1nnc2cc(S(=O)(=O)N3CCC(C(=O)Nc4ccc(C)cc4)CC3)ccc21. The lowest BCUT2D eigenvalue weighted by molar-refractivity contribution is -0.120. The van der Waals surface area contributed by atoms with Crippen LogP contribution in [-0.4, -0.2) is 46.7 Å². The van der Waals surface area contributed by atoms with Gasteiger partial charge in [-0.2, -0.15) is 4.31 Å². The number of rotatable bonds is 6. The van der Waals surface area contributed by atoms with Crippen molar-refractivity contribution in [1.29, 1.82) is 0 Å². The zero-order valence-corrected chi connectivity index (χ0v) is 18.6. The second kappa shape index (κ2) is 8.76. The number of carbonyl (C=O) groups is 1. The van der Waals surface area contributed by atoms with Crippen molar-refractivity contribution in [1.82, 2.24) is 19.3 Å². The summed E-state index contributed by atoms with van der Waals surface area (Å²) >= 11 is 0. The predicted molar refractivity (Wildman–Crippen MR) is 119 cm³/mol. The number of carbonyl (C=O) groups excluding carboxylic acids is 1. The van der Waals surface area contributed by atoms with Gasteiger partial charge in [0.15, 0.2) is 0 Å². The maximum absolute atomic E-state index is 13.1. The molecule has 1 fully saturated rings. The monoisotopic (exact) mass is 441 g/mol. The Bertz CT molecular complexity index is 1180. The molecular weight excluding hydrogens is 414 g/mol. The van der Waals surface area contributed by atoms with Crippen LogP contribution in [0.4, 0.5) is 5.69 Å². The first-order valence-corrected chi connectivity index (χ1v) is 12.0. The van der Waals surface area contributed by atoms with Crippen LogP contribution in [0.25, 0.3) is 11.0 Å². The number of hydrogen-bond acceptors (Lipinski definition) is 5. The molecule has 0 unspecified atom stereocenters. The Labute approximate surface area is 182 Å². The van der Waals surface area contributed by atoms with Crippen molar-refractivity contribution in [3.05, 3.63) is 48.0 Å². The van der Waals surface area contributed by atoms with Crippen molar-refractivity contribution in [2.24, 2.45) is 5.92 Å². The van der Waals surface area contributed by atoms with Crippen LogP contribution in [0.2, 0.25) is 0 Å². The van der Waals surface area contributed by atoms with E-state index in [-0.39, 0.29) is 16.7 Å². The normalized spacial score (nSPS) is 15.9. The number of nitrogens with zero attached hydrogens (tertiary/aromatic N) is 4. The van der Waals surface area contributed by atoms with Gasteiger partial charge in [-0.3, -0.25) is 4.79 Å². The summed E-state index contributed by atoms with van der Waals surface area (Å²) in [5.41, 5.74) is 3.28. The van der Waals surface area contributed by atoms with Gasteiger partial charge >= 0.3 is 0 Å². The van der Waals surface area contributed by atoms with Gasteiger partial charge in [0.2, 0.25) is 15.9 Å². The third-order valence-electron chi connectivity index (χ3n) is 5.70. The van der Waals surface area contributed by atoms with Crippen LogP contribution in [0.1, 0.15) is 31.7 Å². The standard InChI is InChI=1S/C22H27N5O3S/c1-3-12-27-21-9-8-19(15-20(21)24-25-27)31(29,30)26-13-10-17(11-14-26)22(28)23-18-6-4-16(2)5-7-18/h4-9,15,17H,3,10-14H2,1-2H3,(H,23,28). The third kappa shape index (κ3) is 4.47. The summed E-state index contributed by atoms with van der Waals surface area (Å²) in [4.78, 5) is 12.8. The average molecular weight is 442 g/mol. The molecule has 1 saturated heterocycles. The highest BCUT2D eigenvalue weighted by molar-refractivity contribution is 7.89. The number of amides is 1. The Morgan fingerprint density at radius 3 is 2.52 bits per heavy atom. The Balaban J connectivity index is 1.42. The topological polar surface area (TPSA) is 97.2 Å². The minimum absolute atomic E-state index is 0.0603. The summed E-state index contributed by atoms with van der Waals surface area (Å²) in [5.74, 6) is -0.265. The number of nitrogens with one attached hydrogen (secondary N) is 1. The van der Waals surface area contributed by atoms with E-state index < -0.39 is 10.0 Å². The second-order valence-electron chi connectivity index (χ2n) is 8.00. The number of piperidine rings is 1. The molecule has 1 N–H and O–H groups in total. The van der Waals surface area contributed by atoms with Gasteiger partial charge in [-0.15, -0.1) is 5.10 Å². The Hall–Kier alpha value is -2.78. The zero-order chi connectivity index (χ0) is 22.0. The summed E-state index contributed by atoms with van der Waals surface area (Å²) in [6, 6.07) is 12.6. The highest BCUT2D eigenvalue weighted by Gasteiger charge is 2.32. The smallest absolute Gasteiger partial charge is 0.243 e. The van der Waals surface area contributed by atoms with Gasteiger partial charge in [-0.25, -0.2) is 13.1 Å². The van der Waals surface area contributed by atoms with Gasteiger partial charge in [-0.1, -0.05) is 29.8 Å². The number of benzene rings is 2. The summed E-state index contributed by atoms with van der Waals surface area (Å²) < 4.78 is 29.5. The molecule has 164 valence electrons. The van der Waals surface area contributed by atoms with Crippen molar-refractivity contribution >= 4 is 32.7 Å². The molecule has 0 spiro atoms. The summed E-state index contributed by atoms with van der Waals surface area (Å²) in [6.45, 7) is 5.41. The van der Waals surface area contributed by atoms with Crippen molar-refractivity contribution in [3.63, 3.8) is 0 Å². The molecule has 2 heterocycles.